The third-order valence-corrected chi connectivity index (χ3v) is 2.14. The molecule has 16 heavy (non-hydrogen) atoms. The van der Waals surface area contributed by atoms with Gasteiger partial charge < -0.3 is 15.0 Å². The van der Waals surface area contributed by atoms with Crippen LogP contribution in [0.15, 0.2) is 0 Å². The van der Waals surface area contributed by atoms with Gasteiger partial charge in [0, 0.05) is 13.1 Å². The number of unbranched alkanes of at least 4 members (excludes halogenated alkanes) is 1. The van der Waals surface area contributed by atoms with Crippen molar-refractivity contribution in [3.8, 4) is 0 Å². The second kappa shape index (κ2) is 9.00. The molecular formula is C11H22N2O3. The van der Waals surface area contributed by atoms with Crippen molar-refractivity contribution in [1.82, 2.24) is 10.2 Å². The van der Waals surface area contributed by atoms with E-state index in [0.717, 1.165) is 19.4 Å². The SMILES string of the molecule is CCCCN(CC)C(=O)NCC(=O)OCC. The lowest BCUT2D eigenvalue weighted by molar-refractivity contribution is -0.141. The normalized spacial score (nSPS) is 9.69. The van der Waals surface area contributed by atoms with Gasteiger partial charge >= 0.3 is 12.0 Å². The van der Waals surface area contributed by atoms with Crippen LogP contribution in [0.2, 0.25) is 0 Å². The zero-order chi connectivity index (χ0) is 12.4. The number of carbonyl (C=O) groups excluding carboxylic acids is 2. The number of urea groups is 1. The molecule has 0 rings (SSSR count). The summed E-state index contributed by atoms with van der Waals surface area (Å²) in [6.07, 6.45) is 2.02. The zero-order valence-electron chi connectivity index (χ0n) is 10.4. The molecule has 0 bridgehead atoms. The second-order valence-electron chi connectivity index (χ2n) is 3.40. The van der Waals surface area contributed by atoms with E-state index in [-0.39, 0.29) is 12.6 Å². The first-order chi connectivity index (χ1) is 7.65. The molecule has 0 fully saturated rings. The summed E-state index contributed by atoms with van der Waals surface area (Å²) in [6.45, 7) is 7.37. The summed E-state index contributed by atoms with van der Waals surface area (Å²) in [5.74, 6) is -0.401. The van der Waals surface area contributed by atoms with Gasteiger partial charge in [-0.2, -0.15) is 0 Å². The highest BCUT2D eigenvalue weighted by Gasteiger charge is 2.11. The van der Waals surface area contributed by atoms with Crippen LogP contribution in [0.1, 0.15) is 33.6 Å². The first-order valence-electron chi connectivity index (χ1n) is 5.84. The van der Waals surface area contributed by atoms with Crippen LogP contribution in [0.3, 0.4) is 0 Å². The highest BCUT2D eigenvalue weighted by atomic mass is 16.5. The van der Waals surface area contributed by atoms with Gasteiger partial charge in [0.25, 0.3) is 0 Å². The molecule has 0 aliphatic carbocycles. The summed E-state index contributed by atoms with van der Waals surface area (Å²) in [4.78, 5) is 24.3. The van der Waals surface area contributed by atoms with Gasteiger partial charge in [-0.15, -0.1) is 0 Å². The van der Waals surface area contributed by atoms with Gasteiger partial charge in [-0.3, -0.25) is 4.79 Å². The molecular weight excluding hydrogens is 208 g/mol. The van der Waals surface area contributed by atoms with Crippen LogP contribution in [-0.4, -0.2) is 43.1 Å². The Morgan fingerprint density at radius 3 is 2.44 bits per heavy atom. The minimum absolute atomic E-state index is 0.0602. The van der Waals surface area contributed by atoms with Crippen LogP contribution in [-0.2, 0) is 9.53 Å². The van der Waals surface area contributed by atoms with E-state index in [9.17, 15) is 9.59 Å². The number of nitrogens with zero attached hydrogens (tertiary/aromatic N) is 1. The van der Waals surface area contributed by atoms with Crippen molar-refractivity contribution in [3.05, 3.63) is 0 Å². The van der Waals surface area contributed by atoms with Crippen molar-refractivity contribution >= 4 is 12.0 Å². The van der Waals surface area contributed by atoms with E-state index in [4.69, 9.17) is 4.74 Å². The molecule has 0 heterocycles. The first kappa shape index (κ1) is 14.7. The predicted octanol–water partition coefficient (Wildman–Crippen LogP) is 1.38. The number of amides is 2. The van der Waals surface area contributed by atoms with Gasteiger partial charge in [-0.1, -0.05) is 13.3 Å². The molecule has 0 spiro atoms. The minimum atomic E-state index is -0.401. The lowest BCUT2D eigenvalue weighted by Crippen LogP contribution is -2.42. The van der Waals surface area contributed by atoms with Crippen LogP contribution in [0.25, 0.3) is 0 Å². The Hall–Kier alpha value is -1.26. The fraction of sp³-hybridized carbons (Fsp3) is 0.818. The molecule has 0 aliphatic rings. The predicted molar refractivity (Wildman–Crippen MR) is 62.2 cm³/mol. The van der Waals surface area contributed by atoms with Crippen molar-refractivity contribution < 1.29 is 14.3 Å². The first-order valence-corrected chi connectivity index (χ1v) is 5.84. The molecule has 0 aromatic carbocycles. The number of carbonyl (C=O) groups is 2. The maximum absolute atomic E-state index is 11.6. The monoisotopic (exact) mass is 230 g/mol. The Kier molecular flexibility index (Phi) is 8.29. The summed E-state index contributed by atoms with van der Waals surface area (Å²) >= 11 is 0. The molecule has 2 amide bonds. The quantitative estimate of drug-likeness (QED) is 0.672. The molecule has 0 atom stereocenters. The fourth-order valence-electron chi connectivity index (χ4n) is 1.22. The fourth-order valence-corrected chi connectivity index (χ4v) is 1.22. The molecule has 0 unspecified atom stereocenters. The molecule has 5 heteroatoms. The average molecular weight is 230 g/mol. The number of ether oxygens (including phenoxy) is 1. The number of nitrogens with one attached hydrogen (secondary N) is 1. The molecule has 1 N–H and O–H groups in total. The van der Waals surface area contributed by atoms with E-state index < -0.39 is 5.97 Å². The maximum Gasteiger partial charge on any atom is 0.325 e. The highest BCUT2D eigenvalue weighted by Crippen LogP contribution is 1.95. The van der Waals surface area contributed by atoms with Gasteiger partial charge in [-0.25, -0.2) is 4.79 Å². The zero-order valence-corrected chi connectivity index (χ0v) is 10.4. The summed E-state index contributed by atoms with van der Waals surface area (Å²) in [5, 5.41) is 2.54. The van der Waals surface area contributed by atoms with E-state index in [2.05, 4.69) is 12.2 Å². The third-order valence-electron chi connectivity index (χ3n) is 2.14. The van der Waals surface area contributed by atoms with E-state index in [1.165, 1.54) is 0 Å². The minimum Gasteiger partial charge on any atom is -0.465 e. The molecule has 5 nitrogen and oxygen atoms in total. The number of esters is 1. The van der Waals surface area contributed by atoms with E-state index in [1.54, 1.807) is 11.8 Å². The van der Waals surface area contributed by atoms with Crippen molar-refractivity contribution in [1.29, 1.82) is 0 Å². The van der Waals surface area contributed by atoms with Gasteiger partial charge in [0.15, 0.2) is 0 Å². The summed E-state index contributed by atoms with van der Waals surface area (Å²) in [5.41, 5.74) is 0. The Labute approximate surface area is 97.1 Å². The molecule has 94 valence electrons. The highest BCUT2D eigenvalue weighted by molar-refractivity contribution is 5.80. The van der Waals surface area contributed by atoms with E-state index in [0.29, 0.717) is 13.2 Å². The molecule has 0 radical (unpaired) electrons. The van der Waals surface area contributed by atoms with Crippen LogP contribution in [0.5, 0.6) is 0 Å². The number of hydrogen-bond acceptors (Lipinski definition) is 3. The third kappa shape index (κ3) is 6.27. The van der Waals surface area contributed by atoms with Gasteiger partial charge in [0.1, 0.15) is 6.54 Å². The topological polar surface area (TPSA) is 58.6 Å². The Morgan fingerprint density at radius 2 is 1.94 bits per heavy atom. The Bertz CT molecular complexity index is 219. The smallest absolute Gasteiger partial charge is 0.325 e. The molecule has 0 aromatic heterocycles. The van der Waals surface area contributed by atoms with E-state index in [1.807, 2.05) is 6.92 Å². The molecule has 0 saturated heterocycles. The molecule has 0 aromatic rings. The van der Waals surface area contributed by atoms with Crippen molar-refractivity contribution in [2.75, 3.05) is 26.2 Å². The van der Waals surface area contributed by atoms with Crippen molar-refractivity contribution in [3.63, 3.8) is 0 Å². The Morgan fingerprint density at radius 1 is 1.25 bits per heavy atom. The van der Waals surface area contributed by atoms with Gasteiger partial charge in [0.2, 0.25) is 0 Å². The lowest BCUT2D eigenvalue weighted by atomic mass is 10.3. The summed E-state index contributed by atoms with van der Waals surface area (Å²) < 4.78 is 4.71. The molecule has 0 saturated carbocycles. The standard InChI is InChI=1S/C11H22N2O3/c1-4-7-8-13(5-2)11(15)12-9-10(14)16-6-3/h4-9H2,1-3H3,(H,12,15). The summed E-state index contributed by atoms with van der Waals surface area (Å²) in [6, 6.07) is -0.205. The van der Waals surface area contributed by atoms with Crippen molar-refractivity contribution in [2.45, 2.75) is 33.6 Å². The van der Waals surface area contributed by atoms with Crippen LogP contribution in [0, 0.1) is 0 Å². The van der Waals surface area contributed by atoms with Crippen LogP contribution >= 0.6 is 0 Å². The van der Waals surface area contributed by atoms with Crippen molar-refractivity contribution in [2.24, 2.45) is 0 Å². The average Bonchev–Trinajstić information content (AvgIpc) is 2.28. The van der Waals surface area contributed by atoms with Gasteiger partial charge in [0.05, 0.1) is 6.61 Å². The second-order valence-corrected chi connectivity index (χ2v) is 3.40. The van der Waals surface area contributed by atoms with Crippen LogP contribution < -0.4 is 5.32 Å². The Balaban J connectivity index is 3.87. The number of hydrogen-bond donors (Lipinski definition) is 1. The van der Waals surface area contributed by atoms with Gasteiger partial charge in [-0.05, 0) is 20.3 Å². The lowest BCUT2D eigenvalue weighted by Gasteiger charge is -2.20. The summed E-state index contributed by atoms with van der Waals surface area (Å²) in [7, 11) is 0. The maximum atomic E-state index is 11.6. The largest absolute Gasteiger partial charge is 0.465 e. The molecule has 0 aliphatic heterocycles. The van der Waals surface area contributed by atoms with E-state index >= 15 is 0 Å². The van der Waals surface area contributed by atoms with Crippen LogP contribution in [0.4, 0.5) is 4.79 Å². The number of rotatable bonds is 7.